The summed E-state index contributed by atoms with van der Waals surface area (Å²) < 4.78 is 0. The molecule has 4 aliphatic rings. The summed E-state index contributed by atoms with van der Waals surface area (Å²) in [6.07, 6.45) is 13.7. The minimum absolute atomic E-state index is 0.0846. The molecule has 7 aromatic rings. The van der Waals surface area contributed by atoms with Crippen LogP contribution < -0.4 is 0 Å². The van der Waals surface area contributed by atoms with E-state index >= 15 is 0 Å². The summed E-state index contributed by atoms with van der Waals surface area (Å²) in [7, 11) is 0. The van der Waals surface area contributed by atoms with Crippen molar-refractivity contribution in [2.45, 2.75) is 39.0 Å². The Hall–Kier alpha value is -7.00. The first-order valence-electron chi connectivity index (χ1n) is 20.0. The average molecular weight is 727 g/mol. The zero-order valence-electron chi connectivity index (χ0n) is 32.2. The monoisotopic (exact) mass is 726 g/mol. The quantitative estimate of drug-likeness (QED) is 0.181. The van der Waals surface area contributed by atoms with E-state index in [9.17, 15) is 10.5 Å². The molecule has 0 N–H and O–H groups in total. The zero-order valence-corrected chi connectivity index (χ0v) is 32.2. The zero-order chi connectivity index (χ0) is 38.7. The molecule has 268 valence electrons. The summed E-state index contributed by atoms with van der Waals surface area (Å²) in [6.45, 7) is 10.6. The number of fused-ring (bicyclic) bond motifs is 9. The standard InChI is InChI=1S/C55H38N2/c1-5-11-32-24-46-45-27-48-47(26-44(45)40-16-9-14-38(50(40)46)36(32)6-2)52(42-22-30(3)18-20-34(42)28-56)54-41-17-10-15-39-37-13-8-7-12-33(37)25-49(51(39)41)55(54)53(48)43-23-31(4)19-21-35(43)29-57/h5-24,26-27,34,42,49H,2,25H2,1,3-4H3. The molecule has 0 bridgehead atoms. The molecule has 0 fully saturated rings. The highest BCUT2D eigenvalue weighted by Crippen LogP contribution is 2.62. The molecule has 0 radical (unpaired) electrons. The van der Waals surface area contributed by atoms with Gasteiger partial charge >= 0.3 is 0 Å². The minimum Gasteiger partial charge on any atom is -0.198 e. The van der Waals surface area contributed by atoms with Crippen LogP contribution in [0.25, 0.3) is 89.3 Å². The van der Waals surface area contributed by atoms with Crippen molar-refractivity contribution in [3.63, 3.8) is 0 Å². The number of aryl methyl sites for hydroxylation is 1. The predicted molar refractivity (Wildman–Crippen MR) is 237 cm³/mol. The van der Waals surface area contributed by atoms with Gasteiger partial charge in [-0.1, -0.05) is 127 Å². The molecule has 0 heterocycles. The Morgan fingerprint density at radius 3 is 2.28 bits per heavy atom. The topological polar surface area (TPSA) is 47.6 Å². The second-order valence-electron chi connectivity index (χ2n) is 16.2. The van der Waals surface area contributed by atoms with E-state index in [1.165, 1.54) is 77.5 Å². The summed E-state index contributed by atoms with van der Waals surface area (Å²) in [5, 5.41) is 26.4. The van der Waals surface area contributed by atoms with Gasteiger partial charge in [0, 0.05) is 17.4 Å². The highest BCUT2D eigenvalue weighted by Gasteiger charge is 2.42. The number of nitriles is 2. The van der Waals surface area contributed by atoms with Gasteiger partial charge in [0.2, 0.25) is 0 Å². The molecule has 0 saturated carbocycles. The van der Waals surface area contributed by atoms with Crippen LogP contribution >= 0.6 is 0 Å². The molecule has 11 rings (SSSR count). The third kappa shape index (κ3) is 4.51. The fraction of sp³-hybridized carbons (Fsp3) is 0.127. The molecule has 2 heteroatoms. The summed E-state index contributed by atoms with van der Waals surface area (Å²) >= 11 is 0. The maximum atomic E-state index is 10.8. The van der Waals surface area contributed by atoms with Crippen molar-refractivity contribution in [2.24, 2.45) is 5.92 Å². The van der Waals surface area contributed by atoms with E-state index in [0.29, 0.717) is 5.56 Å². The van der Waals surface area contributed by atoms with E-state index in [-0.39, 0.29) is 17.8 Å². The lowest BCUT2D eigenvalue weighted by molar-refractivity contribution is 0.711. The summed E-state index contributed by atoms with van der Waals surface area (Å²) in [6, 6.07) is 41.1. The van der Waals surface area contributed by atoms with Crippen LogP contribution in [0, 0.1) is 35.5 Å². The number of hydrogen-bond acceptors (Lipinski definition) is 2. The van der Waals surface area contributed by atoms with Gasteiger partial charge in [0.25, 0.3) is 0 Å². The molecule has 0 spiro atoms. The molecule has 0 aliphatic heterocycles. The lowest BCUT2D eigenvalue weighted by Gasteiger charge is -2.30. The number of allylic oxidation sites excluding steroid dienone is 5. The van der Waals surface area contributed by atoms with Crippen LogP contribution in [-0.2, 0) is 6.42 Å². The van der Waals surface area contributed by atoms with Crippen LogP contribution in [0.2, 0.25) is 0 Å². The second kappa shape index (κ2) is 12.2. The first-order valence-corrected chi connectivity index (χ1v) is 20.0. The van der Waals surface area contributed by atoms with Crippen molar-refractivity contribution in [3.8, 4) is 67.8 Å². The van der Waals surface area contributed by atoms with Gasteiger partial charge < -0.3 is 0 Å². The Kier molecular flexibility index (Phi) is 7.17. The third-order valence-electron chi connectivity index (χ3n) is 13.1. The van der Waals surface area contributed by atoms with E-state index in [0.717, 1.165) is 50.6 Å². The number of hydrogen-bond donors (Lipinski definition) is 0. The fourth-order valence-electron chi connectivity index (χ4n) is 10.9. The molecule has 0 saturated heterocycles. The normalized spacial score (nSPS) is 17.8. The van der Waals surface area contributed by atoms with Gasteiger partial charge in [-0.15, -0.1) is 0 Å². The summed E-state index contributed by atoms with van der Waals surface area (Å²) in [5.74, 6) is -0.412. The Morgan fingerprint density at radius 1 is 0.684 bits per heavy atom. The maximum absolute atomic E-state index is 10.8. The average Bonchev–Trinajstić information content (AvgIpc) is 3.72. The molecule has 4 aliphatic carbocycles. The van der Waals surface area contributed by atoms with Gasteiger partial charge in [0.05, 0.1) is 23.6 Å². The van der Waals surface area contributed by atoms with E-state index < -0.39 is 0 Å². The molecule has 3 unspecified atom stereocenters. The van der Waals surface area contributed by atoms with Crippen LogP contribution in [-0.4, -0.2) is 0 Å². The predicted octanol–water partition coefficient (Wildman–Crippen LogP) is 14.2. The van der Waals surface area contributed by atoms with Crippen LogP contribution in [0.3, 0.4) is 0 Å². The SMILES string of the molecule is C=Cc1c(C=CC)cc2c3c(cccc13)-c1cc3c(C4C=C(C)C=CC4C#N)c4c(c(-c5cc(C)ccc5C#N)c3cc1-2)C1Cc2ccccc2-c2cccc-4c21. The first-order chi connectivity index (χ1) is 27.9. The Bertz CT molecular complexity index is 3190. The molecule has 7 aromatic carbocycles. The van der Waals surface area contributed by atoms with Gasteiger partial charge in [-0.05, 0) is 156 Å². The van der Waals surface area contributed by atoms with E-state index in [4.69, 9.17) is 0 Å². The van der Waals surface area contributed by atoms with Crippen molar-refractivity contribution in [1.29, 1.82) is 10.5 Å². The number of benzene rings is 7. The van der Waals surface area contributed by atoms with Crippen molar-refractivity contribution >= 4 is 33.7 Å². The van der Waals surface area contributed by atoms with Gasteiger partial charge in [0.15, 0.2) is 0 Å². The molecule has 2 nitrogen and oxygen atoms in total. The largest absolute Gasteiger partial charge is 0.198 e. The lowest BCUT2D eigenvalue weighted by atomic mass is 9.72. The molecule has 3 atom stereocenters. The van der Waals surface area contributed by atoms with Gasteiger partial charge in [-0.25, -0.2) is 0 Å². The highest BCUT2D eigenvalue weighted by atomic mass is 14.5. The summed E-state index contributed by atoms with van der Waals surface area (Å²) in [5.41, 5.74) is 22.5. The van der Waals surface area contributed by atoms with E-state index in [1.54, 1.807) is 0 Å². The minimum atomic E-state index is -0.332. The second-order valence-corrected chi connectivity index (χ2v) is 16.2. The first kappa shape index (κ1) is 33.3. The van der Waals surface area contributed by atoms with Crippen LogP contribution in [0.5, 0.6) is 0 Å². The van der Waals surface area contributed by atoms with Gasteiger partial charge in [0.1, 0.15) is 0 Å². The molecule has 57 heavy (non-hydrogen) atoms. The lowest BCUT2D eigenvalue weighted by Crippen LogP contribution is -2.14. The van der Waals surface area contributed by atoms with Gasteiger partial charge in [-0.2, -0.15) is 10.5 Å². The van der Waals surface area contributed by atoms with E-state index in [2.05, 4.69) is 161 Å². The van der Waals surface area contributed by atoms with Crippen molar-refractivity contribution in [2.75, 3.05) is 0 Å². The van der Waals surface area contributed by atoms with Crippen molar-refractivity contribution < 1.29 is 0 Å². The number of nitrogens with zero attached hydrogens (tertiary/aromatic N) is 2. The molecular weight excluding hydrogens is 689 g/mol. The van der Waals surface area contributed by atoms with Crippen molar-refractivity contribution in [3.05, 3.63) is 178 Å². The van der Waals surface area contributed by atoms with E-state index in [1.807, 2.05) is 12.1 Å². The van der Waals surface area contributed by atoms with Crippen LogP contribution in [0.1, 0.15) is 70.2 Å². The maximum Gasteiger partial charge on any atom is 0.0998 e. The Balaban J connectivity index is 1.37. The molecule has 0 aromatic heterocycles. The fourth-order valence-corrected chi connectivity index (χ4v) is 10.9. The van der Waals surface area contributed by atoms with Crippen LogP contribution in [0.4, 0.5) is 0 Å². The third-order valence-corrected chi connectivity index (χ3v) is 13.1. The highest BCUT2D eigenvalue weighted by molar-refractivity contribution is 6.22. The Morgan fingerprint density at radius 2 is 1.46 bits per heavy atom. The van der Waals surface area contributed by atoms with Crippen LogP contribution in [0.15, 0.2) is 134 Å². The van der Waals surface area contributed by atoms with Crippen molar-refractivity contribution in [1.82, 2.24) is 0 Å². The molecular formula is C55H38N2. The molecule has 0 amide bonds. The Labute approximate surface area is 333 Å². The van der Waals surface area contributed by atoms with Gasteiger partial charge in [-0.3, -0.25) is 0 Å². The smallest absolute Gasteiger partial charge is 0.0998 e. The number of rotatable bonds is 4. The summed E-state index contributed by atoms with van der Waals surface area (Å²) in [4.78, 5) is 0.